The highest BCUT2D eigenvalue weighted by atomic mass is 16.5. The minimum atomic E-state index is -0.724. The third-order valence-electron chi connectivity index (χ3n) is 3.80. The first-order chi connectivity index (χ1) is 13.4. The predicted octanol–water partition coefficient (Wildman–Crippen LogP) is 2.60. The molecule has 0 aliphatic heterocycles. The minimum absolute atomic E-state index is 0.0354. The highest BCUT2D eigenvalue weighted by Crippen LogP contribution is 2.23. The zero-order valence-corrected chi connectivity index (χ0v) is 15.1. The quantitative estimate of drug-likeness (QED) is 0.498. The van der Waals surface area contributed by atoms with E-state index in [9.17, 15) is 14.4 Å². The summed E-state index contributed by atoms with van der Waals surface area (Å²) in [7, 11) is 0. The number of nitrogen functional groups attached to an aromatic ring is 1. The van der Waals surface area contributed by atoms with E-state index in [2.05, 4.69) is 10.5 Å². The van der Waals surface area contributed by atoms with Gasteiger partial charge in [0.1, 0.15) is 17.8 Å². The van der Waals surface area contributed by atoms with Gasteiger partial charge in [-0.3, -0.25) is 5.32 Å². The Bertz CT molecular complexity index is 1080. The number of nitrogens with zero attached hydrogens (tertiary/aromatic N) is 1. The Morgan fingerprint density at radius 3 is 2.71 bits per heavy atom. The average Bonchev–Trinajstić information content (AvgIpc) is 2.97. The molecule has 0 bridgehead atoms. The van der Waals surface area contributed by atoms with Crippen molar-refractivity contribution in [2.45, 2.75) is 20.5 Å². The number of aryl methyl sites for hydroxylation is 1. The van der Waals surface area contributed by atoms with E-state index in [1.807, 2.05) is 0 Å². The predicted molar refractivity (Wildman–Crippen MR) is 97.9 cm³/mol. The molecule has 1 amide bonds. The fourth-order valence-corrected chi connectivity index (χ4v) is 2.56. The SMILES string of the molecule is CCOC(=O)Nc1ccc2c(COC(=O)c3c(C)noc3N)cc(=O)oc2c1. The third kappa shape index (κ3) is 3.95. The lowest BCUT2D eigenvalue weighted by Gasteiger charge is -2.09. The molecule has 10 nitrogen and oxygen atoms in total. The number of nitrogens with one attached hydrogen (secondary N) is 1. The maximum absolute atomic E-state index is 12.2. The molecule has 0 atom stereocenters. The summed E-state index contributed by atoms with van der Waals surface area (Å²) in [4.78, 5) is 35.6. The molecular formula is C18H17N3O7. The van der Waals surface area contributed by atoms with Crippen LogP contribution in [0, 0.1) is 6.92 Å². The molecule has 3 aromatic rings. The van der Waals surface area contributed by atoms with Crippen LogP contribution in [0.5, 0.6) is 0 Å². The van der Waals surface area contributed by atoms with Crippen molar-refractivity contribution in [2.24, 2.45) is 0 Å². The molecule has 2 heterocycles. The van der Waals surface area contributed by atoms with E-state index in [1.165, 1.54) is 12.1 Å². The van der Waals surface area contributed by atoms with E-state index < -0.39 is 17.7 Å². The zero-order chi connectivity index (χ0) is 20.3. The topological polar surface area (TPSA) is 147 Å². The maximum Gasteiger partial charge on any atom is 0.411 e. The molecule has 10 heteroatoms. The van der Waals surface area contributed by atoms with Gasteiger partial charge in [0.15, 0.2) is 0 Å². The molecule has 0 saturated carbocycles. The molecule has 0 saturated heterocycles. The van der Waals surface area contributed by atoms with E-state index in [1.54, 1.807) is 26.0 Å². The van der Waals surface area contributed by atoms with E-state index in [0.29, 0.717) is 22.3 Å². The van der Waals surface area contributed by atoms with Gasteiger partial charge < -0.3 is 24.1 Å². The molecule has 0 aliphatic carbocycles. The third-order valence-corrected chi connectivity index (χ3v) is 3.80. The molecule has 0 aliphatic rings. The number of rotatable bonds is 5. The van der Waals surface area contributed by atoms with Crippen LogP contribution in [0.1, 0.15) is 28.5 Å². The lowest BCUT2D eigenvalue weighted by molar-refractivity contribution is 0.0474. The van der Waals surface area contributed by atoms with Crippen molar-refractivity contribution in [3.63, 3.8) is 0 Å². The first-order valence-electron chi connectivity index (χ1n) is 8.28. The molecule has 0 fully saturated rings. The number of benzene rings is 1. The standard InChI is InChI=1S/C18H17N3O7/c1-3-25-18(24)20-11-4-5-12-10(6-14(22)27-13(12)7-11)8-26-17(23)15-9(2)21-28-16(15)19/h4-7H,3,8,19H2,1-2H3,(H,20,24). The smallest absolute Gasteiger partial charge is 0.411 e. The van der Waals surface area contributed by atoms with Crippen LogP contribution < -0.4 is 16.7 Å². The fourth-order valence-electron chi connectivity index (χ4n) is 2.56. The summed E-state index contributed by atoms with van der Waals surface area (Å²) in [6.07, 6.45) is -0.629. The Labute approximate surface area is 158 Å². The number of fused-ring (bicyclic) bond motifs is 1. The molecule has 28 heavy (non-hydrogen) atoms. The van der Waals surface area contributed by atoms with Crippen molar-refractivity contribution in [3.05, 3.63) is 51.5 Å². The first kappa shape index (κ1) is 19.0. The maximum atomic E-state index is 12.2. The van der Waals surface area contributed by atoms with Gasteiger partial charge in [-0.2, -0.15) is 0 Å². The van der Waals surface area contributed by atoms with Gasteiger partial charge in [0.05, 0.1) is 12.3 Å². The van der Waals surface area contributed by atoms with Gasteiger partial charge in [0.25, 0.3) is 0 Å². The molecule has 3 N–H and O–H groups in total. The first-order valence-corrected chi connectivity index (χ1v) is 8.28. The van der Waals surface area contributed by atoms with Gasteiger partial charge in [-0.25, -0.2) is 14.4 Å². The number of amides is 1. The number of carbonyl (C=O) groups excluding carboxylic acids is 2. The van der Waals surface area contributed by atoms with Crippen LogP contribution in [0.3, 0.4) is 0 Å². The monoisotopic (exact) mass is 387 g/mol. The Kier molecular flexibility index (Phi) is 5.30. The Balaban J connectivity index is 1.84. The number of hydrogen-bond donors (Lipinski definition) is 2. The van der Waals surface area contributed by atoms with Gasteiger partial charge in [-0.05, 0) is 26.0 Å². The molecule has 2 aromatic heterocycles. The van der Waals surface area contributed by atoms with Crippen LogP contribution in [0.25, 0.3) is 11.0 Å². The van der Waals surface area contributed by atoms with E-state index >= 15 is 0 Å². The summed E-state index contributed by atoms with van der Waals surface area (Å²) in [6, 6.07) is 5.92. The Hall–Kier alpha value is -3.82. The fraction of sp³-hybridized carbons (Fsp3) is 0.222. The minimum Gasteiger partial charge on any atom is -0.457 e. The van der Waals surface area contributed by atoms with Crippen molar-refractivity contribution >= 4 is 34.6 Å². The Morgan fingerprint density at radius 1 is 1.25 bits per heavy atom. The molecule has 3 rings (SSSR count). The average molecular weight is 387 g/mol. The number of ether oxygens (including phenoxy) is 2. The second-order valence-electron chi connectivity index (χ2n) is 5.73. The number of esters is 1. The highest BCUT2D eigenvalue weighted by molar-refractivity contribution is 5.95. The van der Waals surface area contributed by atoms with Crippen LogP contribution in [0.2, 0.25) is 0 Å². The van der Waals surface area contributed by atoms with Crippen molar-refractivity contribution in [3.8, 4) is 0 Å². The van der Waals surface area contributed by atoms with Crippen molar-refractivity contribution in [2.75, 3.05) is 17.7 Å². The van der Waals surface area contributed by atoms with Crippen molar-refractivity contribution in [1.82, 2.24) is 5.16 Å². The number of anilines is 2. The van der Waals surface area contributed by atoms with Crippen LogP contribution in [0.4, 0.5) is 16.4 Å². The number of nitrogens with two attached hydrogens (primary N) is 1. The summed E-state index contributed by atoms with van der Waals surface area (Å²) < 4.78 is 19.9. The van der Waals surface area contributed by atoms with Crippen molar-refractivity contribution in [1.29, 1.82) is 0 Å². The van der Waals surface area contributed by atoms with E-state index in [4.69, 9.17) is 24.1 Å². The van der Waals surface area contributed by atoms with Gasteiger partial charge in [0.2, 0.25) is 5.88 Å². The summed E-state index contributed by atoms with van der Waals surface area (Å²) in [5.41, 5.74) is 6.30. The van der Waals surface area contributed by atoms with Crippen molar-refractivity contribution < 1.29 is 28.0 Å². The van der Waals surface area contributed by atoms with Crippen LogP contribution in [0.15, 0.2) is 38.0 Å². The molecule has 0 spiro atoms. The molecule has 1 aromatic carbocycles. The molecular weight excluding hydrogens is 370 g/mol. The lowest BCUT2D eigenvalue weighted by atomic mass is 10.1. The summed E-state index contributed by atoms with van der Waals surface area (Å²) in [5, 5.41) is 6.65. The van der Waals surface area contributed by atoms with E-state index in [0.717, 1.165) is 0 Å². The second-order valence-corrected chi connectivity index (χ2v) is 5.73. The largest absolute Gasteiger partial charge is 0.457 e. The second kappa shape index (κ2) is 7.82. The number of hydrogen-bond acceptors (Lipinski definition) is 9. The molecule has 146 valence electrons. The normalized spacial score (nSPS) is 10.6. The molecule has 0 radical (unpaired) electrons. The van der Waals surface area contributed by atoms with Gasteiger partial charge in [-0.1, -0.05) is 5.16 Å². The zero-order valence-electron chi connectivity index (χ0n) is 15.1. The lowest BCUT2D eigenvalue weighted by Crippen LogP contribution is -2.13. The number of carbonyl (C=O) groups is 2. The van der Waals surface area contributed by atoms with Gasteiger partial charge in [-0.15, -0.1) is 0 Å². The molecule has 0 unspecified atom stereocenters. The highest BCUT2D eigenvalue weighted by Gasteiger charge is 2.20. The number of aromatic nitrogens is 1. The Morgan fingerprint density at radius 2 is 2.04 bits per heavy atom. The van der Waals surface area contributed by atoms with Crippen LogP contribution in [-0.4, -0.2) is 23.8 Å². The summed E-state index contributed by atoms with van der Waals surface area (Å²) in [5.74, 6) is -0.868. The summed E-state index contributed by atoms with van der Waals surface area (Å²) in [6.45, 7) is 3.26. The van der Waals surface area contributed by atoms with E-state index in [-0.39, 0.29) is 30.2 Å². The summed E-state index contributed by atoms with van der Waals surface area (Å²) >= 11 is 0. The van der Waals surface area contributed by atoms with Gasteiger partial charge in [0, 0.05) is 28.8 Å². The van der Waals surface area contributed by atoms with Gasteiger partial charge >= 0.3 is 17.7 Å². The van der Waals surface area contributed by atoms with Crippen LogP contribution in [-0.2, 0) is 16.1 Å². The van der Waals surface area contributed by atoms with Crippen LogP contribution >= 0.6 is 0 Å².